The smallest absolute Gasteiger partial charge is 0.122 e. The molecule has 14 heteroatoms. The third-order valence-corrected chi connectivity index (χ3v) is 35.5. The highest BCUT2D eigenvalue weighted by molar-refractivity contribution is 5.53. The van der Waals surface area contributed by atoms with Crippen LogP contribution >= 0.6 is 0 Å². The molecular formula is C129H188O14. The van der Waals surface area contributed by atoms with E-state index in [1.165, 1.54) is 367 Å². The Morgan fingerprint density at radius 3 is 0.245 bits per heavy atom. The van der Waals surface area contributed by atoms with Gasteiger partial charge in [-0.15, -0.1) is 0 Å². The van der Waals surface area contributed by atoms with Crippen molar-refractivity contribution in [3.8, 4) is 80.5 Å². The Morgan fingerprint density at radius 2 is 0.182 bits per heavy atom. The van der Waals surface area contributed by atoms with E-state index in [0.717, 1.165) is 256 Å². The number of benzene rings is 7. The summed E-state index contributed by atoms with van der Waals surface area (Å²) in [5.74, 6) is 25.4. The minimum atomic E-state index is 0.762. The Morgan fingerprint density at radius 1 is 0.112 bits per heavy atom. The standard InChI is InChI=1S/C20H30O2.2C19H28O2.3C18H26O2.C17H24O2/c1-15-16(2)20(22-14-18-9-5-6-10-18)12-11-19(15)21-13-17-7-3-4-8-17;2*1-14-15(2)19(21-13-17-8-5-9-17)11-10-18(14)20-12-16-6-3-4-7-16;1-13-14(2)18(20-12-16-7-4-8-16)10-9-17(13)19-11-15-5-3-6-15;2*1-13-14(2)18(20-12-16-7-8-16)10-9-17(13)19-11-15-5-3-4-6-15;1-12-13(2)17(19-11-15-6-7-15)9-8-16(12)18-10-14-4-3-5-14/h11-12,17-18H,3-10,13-14H2,1-2H3;2*10-11,16-17H,3-9,12-13H2,1-2H3;3*9-10,15-16H,3-8,11-12H2,1-2H3;8-9,14-15H,3-7,10-11H2,1-2H3. The molecule has 14 aliphatic carbocycles. The summed E-state index contributed by atoms with van der Waals surface area (Å²) >= 11 is 0. The lowest BCUT2D eigenvalue weighted by Gasteiger charge is -2.27. The predicted octanol–water partition coefficient (Wildman–Crippen LogP) is 33.8. The van der Waals surface area contributed by atoms with Crippen molar-refractivity contribution in [2.24, 2.45) is 82.9 Å². The van der Waals surface area contributed by atoms with Crippen LogP contribution in [-0.4, -0.2) is 92.5 Å². The SMILES string of the molecule is Cc1c(OCC2CCC2)ccc(OCC2CC2)c1C.Cc1c(OCC2CCC2)ccc(OCC2CCC2)c1C.Cc1c(OCC2CCCC2)ccc(OCC2CC2)c1C.Cc1c(OCC2CCCC2)ccc(OCC2CC2)c1C.Cc1c(OCC2CCCC2)ccc(OCC2CCC2)c1C.Cc1c(OCC2CCCC2)ccc(OCC2CCC2)c1C.Cc1c(OCC2CCCC2)ccc(OCC2CCCC2)c1C. The monoisotopic (exact) mass is 1960 g/mol. The lowest BCUT2D eigenvalue weighted by molar-refractivity contribution is 0.175. The zero-order valence-electron chi connectivity index (χ0n) is 91.6. The first-order chi connectivity index (χ1) is 69.7. The molecule has 0 heterocycles. The van der Waals surface area contributed by atoms with Crippen molar-refractivity contribution >= 4 is 0 Å². The molecule has 0 amide bonds. The molecule has 0 saturated heterocycles. The minimum absolute atomic E-state index is 0.762. The van der Waals surface area contributed by atoms with Gasteiger partial charge < -0.3 is 66.3 Å². The summed E-state index contributed by atoms with van der Waals surface area (Å²) in [4.78, 5) is 0. The first kappa shape index (κ1) is 109. The van der Waals surface area contributed by atoms with Crippen molar-refractivity contribution in [2.75, 3.05) is 92.5 Å². The van der Waals surface area contributed by atoms with Crippen molar-refractivity contribution < 1.29 is 66.3 Å². The molecule has 0 N–H and O–H groups in total. The highest BCUT2D eigenvalue weighted by Crippen LogP contribution is 2.44. The molecule has 0 aromatic heterocycles. The maximum absolute atomic E-state index is 6.08. The molecule has 143 heavy (non-hydrogen) atoms. The molecule has 0 spiro atoms. The van der Waals surface area contributed by atoms with Gasteiger partial charge in [-0.3, -0.25) is 0 Å². The molecule has 0 bridgehead atoms. The van der Waals surface area contributed by atoms with E-state index in [2.05, 4.69) is 182 Å². The van der Waals surface area contributed by atoms with Crippen LogP contribution < -0.4 is 66.3 Å². The molecule has 21 rings (SSSR count). The third kappa shape index (κ3) is 33.9. The lowest BCUT2D eigenvalue weighted by Crippen LogP contribution is -2.20. The average molecular weight is 1960 g/mol. The number of ether oxygens (including phenoxy) is 14. The summed E-state index contributed by atoms with van der Waals surface area (Å²) in [5, 5.41) is 0. The van der Waals surface area contributed by atoms with Gasteiger partial charge in [0.2, 0.25) is 0 Å². The number of rotatable bonds is 42. The Bertz CT molecular complexity index is 4710. The van der Waals surface area contributed by atoms with Crippen molar-refractivity contribution in [2.45, 2.75) is 386 Å². The van der Waals surface area contributed by atoms with Crippen LogP contribution in [-0.2, 0) is 0 Å². The maximum atomic E-state index is 6.08. The van der Waals surface area contributed by atoms with Crippen LogP contribution in [0.3, 0.4) is 0 Å². The van der Waals surface area contributed by atoms with E-state index in [1.807, 2.05) is 0 Å². The fourth-order valence-electron chi connectivity index (χ4n) is 21.7. The second-order valence-corrected chi connectivity index (χ2v) is 46.8. The van der Waals surface area contributed by atoms with Crippen molar-refractivity contribution in [1.29, 1.82) is 0 Å². The molecule has 7 aromatic carbocycles. The van der Waals surface area contributed by atoms with Gasteiger partial charge in [0.25, 0.3) is 0 Å². The van der Waals surface area contributed by atoms with Gasteiger partial charge in [0, 0.05) is 0 Å². The summed E-state index contributed by atoms with van der Waals surface area (Å²) in [5.41, 5.74) is 17.3. The minimum Gasteiger partial charge on any atom is -0.493 e. The van der Waals surface area contributed by atoms with Crippen LogP contribution in [0.15, 0.2) is 84.9 Å². The quantitative estimate of drug-likeness (QED) is 0.0360. The first-order valence-electron chi connectivity index (χ1n) is 58.2. The van der Waals surface area contributed by atoms with Crippen LogP contribution in [0, 0.1) is 180 Å². The molecular weight excluding hydrogens is 1770 g/mol. The fourth-order valence-corrected chi connectivity index (χ4v) is 21.7. The molecule has 7 aromatic rings. The van der Waals surface area contributed by atoms with Crippen molar-refractivity contribution in [3.63, 3.8) is 0 Å². The van der Waals surface area contributed by atoms with Crippen LogP contribution in [0.2, 0.25) is 0 Å². The van der Waals surface area contributed by atoms with Crippen molar-refractivity contribution in [1.82, 2.24) is 0 Å². The summed E-state index contributed by atoms with van der Waals surface area (Å²) in [6.07, 6.45) is 60.7. The van der Waals surface area contributed by atoms with Crippen molar-refractivity contribution in [3.05, 3.63) is 163 Å². The zero-order valence-corrected chi connectivity index (χ0v) is 91.6. The van der Waals surface area contributed by atoms with Gasteiger partial charge in [0.15, 0.2) is 0 Å². The van der Waals surface area contributed by atoms with E-state index in [1.54, 1.807) is 0 Å². The Kier molecular flexibility index (Phi) is 42.8. The normalized spacial score (nSPS) is 19.4. The molecule has 0 aliphatic heterocycles. The Labute approximate surface area is 865 Å². The third-order valence-electron chi connectivity index (χ3n) is 35.5. The number of hydrogen-bond donors (Lipinski definition) is 0. The average Bonchev–Trinajstić information content (AvgIpc) is 1.21. The largest absolute Gasteiger partial charge is 0.493 e. The topological polar surface area (TPSA) is 129 Å². The van der Waals surface area contributed by atoms with E-state index < -0.39 is 0 Å². The molecule has 14 saturated carbocycles. The number of hydrogen-bond acceptors (Lipinski definition) is 14. The van der Waals surface area contributed by atoms with Gasteiger partial charge in [-0.2, -0.15) is 0 Å². The molecule has 788 valence electrons. The molecule has 14 nitrogen and oxygen atoms in total. The van der Waals surface area contributed by atoms with E-state index in [9.17, 15) is 0 Å². The van der Waals surface area contributed by atoms with Gasteiger partial charge in [-0.25, -0.2) is 0 Å². The Hall–Kier alpha value is -8.26. The summed E-state index contributed by atoms with van der Waals surface area (Å²) in [6.45, 7) is 42.3. The maximum Gasteiger partial charge on any atom is 0.122 e. The second-order valence-electron chi connectivity index (χ2n) is 46.8. The van der Waals surface area contributed by atoms with E-state index in [-0.39, 0.29) is 0 Å². The van der Waals surface area contributed by atoms with E-state index in [0.29, 0.717) is 0 Å². The van der Waals surface area contributed by atoms with Gasteiger partial charge in [-0.05, 0) is 522 Å². The highest BCUT2D eigenvalue weighted by Gasteiger charge is 2.31. The fraction of sp³-hybridized carbons (Fsp3) is 0.674. The van der Waals surface area contributed by atoms with E-state index >= 15 is 0 Å². The molecule has 0 radical (unpaired) electrons. The predicted molar refractivity (Wildman–Crippen MR) is 585 cm³/mol. The summed E-state index contributed by atoms with van der Waals surface area (Å²) in [7, 11) is 0. The summed E-state index contributed by atoms with van der Waals surface area (Å²) < 4.78 is 84.0. The lowest BCUT2D eigenvalue weighted by atomic mass is 9.86. The van der Waals surface area contributed by atoms with Gasteiger partial charge in [0.05, 0.1) is 92.5 Å². The van der Waals surface area contributed by atoms with Gasteiger partial charge >= 0.3 is 0 Å². The van der Waals surface area contributed by atoms with Gasteiger partial charge in [-0.1, -0.05) is 109 Å². The first-order valence-corrected chi connectivity index (χ1v) is 58.2. The van der Waals surface area contributed by atoms with E-state index in [4.69, 9.17) is 66.3 Å². The van der Waals surface area contributed by atoms with Crippen LogP contribution in [0.25, 0.3) is 0 Å². The van der Waals surface area contributed by atoms with Gasteiger partial charge in [0.1, 0.15) is 80.5 Å². The zero-order chi connectivity index (χ0) is 99.8. The molecule has 0 atom stereocenters. The van der Waals surface area contributed by atoms with Crippen LogP contribution in [0.4, 0.5) is 0 Å². The second kappa shape index (κ2) is 56.2. The summed E-state index contributed by atoms with van der Waals surface area (Å²) in [6, 6.07) is 29.2. The molecule has 0 unspecified atom stereocenters. The molecule has 14 aliphatic rings. The van der Waals surface area contributed by atoms with Crippen LogP contribution in [0.5, 0.6) is 80.5 Å². The molecule has 14 fully saturated rings. The Balaban J connectivity index is 0.000000126. The highest BCUT2D eigenvalue weighted by atomic mass is 16.5. The van der Waals surface area contributed by atoms with Crippen LogP contribution in [0.1, 0.15) is 367 Å².